The van der Waals surface area contributed by atoms with E-state index in [0.29, 0.717) is 28.3 Å². The average molecular weight is 413 g/mol. The molecule has 3 rings (SSSR count). The second kappa shape index (κ2) is 9.11. The van der Waals surface area contributed by atoms with E-state index in [1.807, 2.05) is 30.3 Å². The van der Waals surface area contributed by atoms with Gasteiger partial charge >= 0.3 is 5.69 Å². The van der Waals surface area contributed by atoms with Gasteiger partial charge in [0.15, 0.2) is 5.82 Å². The number of nitro benzene ring substituents is 1. The second-order valence-corrected chi connectivity index (χ2v) is 6.40. The smallest absolute Gasteiger partial charge is 0.311 e. The van der Waals surface area contributed by atoms with Gasteiger partial charge in [-0.15, -0.1) is 0 Å². The molecule has 0 unspecified atom stereocenters. The lowest BCUT2D eigenvalue weighted by molar-refractivity contribution is -0.385. The fourth-order valence-corrected chi connectivity index (χ4v) is 2.97. The van der Waals surface area contributed by atoms with Gasteiger partial charge in [0, 0.05) is 24.1 Å². The molecule has 0 spiro atoms. The van der Waals surface area contributed by atoms with Gasteiger partial charge in [-0.1, -0.05) is 30.3 Å². The number of benzene rings is 2. The van der Waals surface area contributed by atoms with Gasteiger partial charge in [0.25, 0.3) is 0 Å². The van der Waals surface area contributed by atoms with Crippen LogP contribution in [0.15, 0.2) is 47.6 Å². The number of methoxy groups -OCH3 is 2. The average Bonchev–Trinajstić information content (AvgIpc) is 3.10. The maximum atomic E-state index is 11.3. The molecule has 1 N–H and O–H groups in total. The van der Waals surface area contributed by atoms with Crippen molar-refractivity contribution in [1.29, 1.82) is 0 Å². The Balaban J connectivity index is 1.90. The fourth-order valence-electron chi connectivity index (χ4n) is 2.78. The fraction of sp³-hybridized carbons (Fsp3) is 0.211. The Kier molecular flexibility index (Phi) is 6.35. The predicted molar refractivity (Wildman–Crippen MR) is 110 cm³/mol. The number of nitrogens with zero attached hydrogens (tertiary/aromatic N) is 4. The van der Waals surface area contributed by atoms with Crippen molar-refractivity contribution >= 4 is 24.1 Å². The van der Waals surface area contributed by atoms with Crippen LogP contribution in [0.4, 0.5) is 5.69 Å². The molecule has 9 nitrogen and oxygen atoms in total. The Morgan fingerprint density at radius 3 is 2.59 bits per heavy atom. The lowest BCUT2D eigenvalue weighted by atomic mass is 10.1. The molecule has 10 heteroatoms. The highest BCUT2D eigenvalue weighted by Gasteiger charge is 2.19. The van der Waals surface area contributed by atoms with Crippen molar-refractivity contribution in [2.45, 2.75) is 12.8 Å². The summed E-state index contributed by atoms with van der Waals surface area (Å²) in [6, 6.07) is 12.8. The number of nitro groups is 1. The Morgan fingerprint density at radius 2 is 1.93 bits per heavy atom. The van der Waals surface area contributed by atoms with Crippen molar-refractivity contribution in [2.24, 2.45) is 5.10 Å². The van der Waals surface area contributed by atoms with Gasteiger partial charge in [-0.3, -0.25) is 15.2 Å². The van der Waals surface area contributed by atoms with Gasteiger partial charge in [0.2, 0.25) is 10.5 Å². The first-order valence-corrected chi connectivity index (χ1v) is 9.09. The number of aromatic amines is 1. The number of hydrogen-bond donors (Lipinski definition) is 1. The minimum atomic E-state index is -0.523. The highest BCUT2D eigenvalue weighted by molar-refractivity contribution is 7.71. The van der Waals surface area contributed by atoms with E-state index in [1.165, 1.54) is 42.8 Å². The van der Waals surface area contributed by atoms with Crippen molar-refractivity contribution in [3.8, 4) is 11.5 Å². The van der Waals surface area contributed by atoms with Crippen molar-refractivity contribution in [2.75, 3.05) is 14.2 Å². The molecule has 0 radical (unpaired) electrons. The molecule has 0 saturated carbocycles. The van der Waals surface area contributed by atoms with E-state index in [0.717, 1.165) is 6.42 Å². The molecule has 0 saturated heterocycles. The van der Waals surface area contributed by atoms with Crippen molar-refractivity contribution in [3.05, 3.63) is 74.3 Å². The number of nitrogens with one attached hydrogen (secondary N) is 1. The van der Waals surface area contributed by atoms with Gasteiger partial charge in [-0.25, -0.2) is 0 Å². The Hall–Kier alpha value is -3.53. The predicted octanol–water partition coefficient (Wildman–Crippen LogP) is 3.53. The molecule has 3 aromatic rings. The van der Waals surface area contributed by atoms with Crippen LogP contribution in [0.3, 0.4) is 0 Å². The largest absolute Gasteiger partial charge is 0.496 e. The number of ether oxygens (including phenoxy) is 2. The molecule has 0 bridgehead atoms. The quantitative estimate of drug-likeness (QED) is 0.262. The first-order chi connectivity index (χ1) is 14.0. The summed E-state index contributed by atoms with van der Waals surface area (Å²) in [5.74, 6) is 1.14. The summed E-state index contributed by atoms with van der Waals surface area (Å²) in [4.78, 5) is 10.8. The van der Waals surface area contributed by atoms with Crippen LogP contribution in [0, 0.1) is 14.9 Å². The lowest BCUT2D eigenvalue weighted by Gasteiger charge is -2.08. The third-order valence-electron chi connectivity index (χ3n) is 4.24. The molecule has 1 aromatic heterocycles. The van der Waals surface area contributed by atoms with Crippen molar-refractivity contribution in [1.82, 2.24) is 14.9 Å². The summed E-state index contributed by atoms with van der Waals surface area (Å²) < 4.78 is 12.2. The number of hydrogen-bond acceptors (Lipinski definition) is 7. The van der Waals surface area contributed by atoms with E-state index >= 15 is 0 Å². The molecule has 2 aromatic carbocycles. The first-order valence-electron chi connectivity index (χ1n) is 8.68. The summed E-state index contributed by atoms with van der Waals surface area (Å²) in [5, 5.41) is 22.6. The zero-order valence-electron chi connectivity index (χ0n) is 15.9. The van der Waals surface area contributed by atoms with Crippen LogP contribution in [0.25, 0.3) is 0 Å². The monoisotopic (exact) mass is 413 g/mol. The molecule has 1 heterocycles. The zero-order chi connectivity index (χ0) is 20.8. The van der Waals surface area contributed by atoms with Crippen LogP contribution in [0.2, 0.25) is 0 Å². The third-order valence-corrected chi connectivity index (χ3v) is 4.50. The standard InChI is InChI=1S/C19H19N5O4S/c1-27-16-11-17(28-2)15(24(25)26)10-14(16)12-20-23-18(21-22-19(23)29)9-8-13-6-4-3-5-7-13/h3-7,10-12H,8-9H2,1-2H3,(H,22,29)/b20-12-. The molecule has 0 aliphatic rings. The van der Waals surface area contributed by atoms with E-state index < -0.39 is 4.92 Å². The highest BCUT2D eigenvalue weighted by Crippen LogP contribution is 2.33. The molecule has 150 valence electrons. The highest BCUT2D eigenvalue weighted by atomic mass is 32.1. The van der Waals surface area contributed by atoms with Crippen LogP contribution in [0.1, 0.15) is 17.0 Å². The molecule has 0 amide bonds. The molecule has 0 atom stereocenters. The molecule has 0 aliphatic carbocycles. The molecule has 0 fully saturated rings. The van der Waals surface area contributed by atoms with E-state index in [9.17, 15) is 10.1 Å². The topological polar surface area (TPSA) is 108 Å². The van der Waals surface area contributed by atoms with Crippen molar-refractivity contribution < 1.29 is 14.4 Å². The SMILES string of the molecule is COc1cc(OC)c([N+](=O)[O-])cc1/C=N\n1c(CCc2ccccc2)n[nH]c1=S. The van der Waals surface area contributed by atoms with Crippen LogP contribution >= 0.6 is 12.2 Å². The lowest BCUT2D eigenvalue weighted by Crippen LogP contribution is -2.03. The summed E-state index contributed by atoms with van der Waals surface area (Å²) in [6.45, 7) is 0. The maximum absolute atomic E-state index is 11.3. The Bertz CT molecular complexity index is 1090. The number of H-pyrrole nitrogens is 1. The Morgan fingerprint density at radius 1 is 1.21 bits per heavy atom. The minimum Gasteiger partial charge on any atom is -0.496 e. The Labute approximate surface area is 171 Å². The molecular formula is C19H19N5O4S. The molecule has 29 heavy (non-hydrogen) atoms. The van der Waals surface area contributed by atoms with Gasteiger partial charge < -0.3 is 9.47 Å². The maximum Gasteiger partial charge on any atom is 0.311 e. The first kappa shape index (κ1) is 20.2. The van der Waals surface area contributed by atoms with Crippen LogP contribution in [-0.4, -0.2) is 40.2 Å². The summed E-state index contributed by atoms with van der Waals surface area (Å²) >= 11 is 5.26. The van der Waals surface area contributed by atoms with E-state index in [2.05, 4.69) is 15.3 Å². The third kappa shape index (κ3) is 4.66. The van der Waals surface area contributed by atoms with Gasteiger partial charge in [-0.2, -0.15) is 14.9 Å². The van der Waals surface area contributed by atoms with Gasteiger partial charge in [0.1, 0.15) is 5.75 Å². The molecule has 0 aliphatic heterocycles. The second-order valence-electron chi connectivity index (χ2n) is 6.01. The van der Waals surface area contributed by atoms with Crippen molar-refractivity contribution in [3.63, 3.8) is 0 Å². The minimum absolute atomic E-state index is 0.104. The number of aromatic nitrogens is 3. The summed E-state index contributed by atoms with van der Waals surface area (Å²) in [7, 11) is 2.83. The van der Waals surface area contributed by atoms with Crippen LogP contribution < -0.4 is 9.47 Å². The van der Waals surface area contributed by atoms with E-state index in [1.54, 1.807) is 0 Å². The van der Waals surface area contributed by atoms with Crippen LogP contribution in [0.5, 0.6) is 11.5 Å². The van der Waals surface area contributed by atoms with Crippen LogP contribution in [-0.2, 0) is 12.8 Å². The number of aryl methyl sites for hydroxylation is 2. The summed E-state index contributed by atoms with van der Waals surface area (Å²) in [6.07, 6.45) is 2.84. The number of rotatable bonds is 8. The van der Waals surface area contributed by atoms with Gasteiger partial charge in [0.05, 0.1) is 25.4 Å². The van der Waals surface area contributed by atoms with E-state index in [-0.39, 0.29) is 11.4 Å². The van der Waals surface area contributed by atoms with Gasteiger partial charge in [-0.05, 0) is 24.2 Å². The molecular weight excluding hydrogens is 394 g/mol. The normalized spacial score (nSPS) is 11.0. The summed E-state index contributed by atoms with van der Waals surface area (Å²) in [5.41, 5.74) is 1.40. The zero-order valence-corrected chi connectivity index (χ0v) is 16.7. The van der Waals surface area contributed by atoms with E-state index in [4.69, 9.17) is 21.7 Å².